The minimum Gasteiger partial charge on any atom is -0.354 e. The van der Waals surface area contributed by atoms with Crippen molar-refractivity contribution in [3.63, 3.8) is 0 Å². The van der Waals surface area contributed by atoms with E-state index >= 15 is 0 Å². The van der Waals surface area contributed by atoms with Crippen molar-refractivity contribution in [2.75, 3.05) is 25.0 Å². The Morgan fingerprint density at radius 1 is 1.23 bits per heavy atom. The fourth-order valence-electron chi connectivity index (χ4n) is 3.37. The first-order valence-electron chi connectivity index (χ1n) is 8.70. The lowest BCUT2D eigenvalue weighted by molar-refractivity contribution is -0.150. The molecule has 2 amide bonds. The molecule has 0 unspecified atom stereocenters. The molecule has 26 heavy (non-hydrogen) atoms. The third-order valence-corrected chi connectivity index (χ3v) is 5.09. The molecule has 1 saturated heterocycles. The molecule has 0 radical (unpaired) electrons. The first kappa shape index (κ1) is 18.5. The van der Waals surface area contributed by atoms with Crippen LogP contribution < -0.4 is 15.5 Å². The Hall–Kier alpha value is -2.32. The zero-order valence-electron chi connectivity index (χ0n) is 15.1. The van der Waals surface area contributed by atoms with E-state index in [-0.39, 0.29) is 36.5 Å². The third-order valence-electron chi connectivity index (χ3n) is 5.09. The molecule has 0 spiro atoms. The summed E-state index contributed by atoms with van der Waals surface area (Å²) in [7, 11) is 1.52. The van der Waals surface area contributed by atoms with Gasteiger partial charge in [-0.2, -0.15) is 0 Å². The van der Waals surface area contributed by atoms with Gasteiger partial charge in [0.05, 0.1) is 0 Å². The first-order chi connectivity index (χ1) is 12.2. The summed E-state index contributed by atoms with van der Waals surface area (Å²) in [5, 5.41) is 5.38. The van der Waals surface area contributed by atoms with Crippen LogP contribution in [0, 0.1) is 19.8 Å². The number of hydrogen-bond donors (Lipinski definition) is 2. The van der Waals surface area contributed by atoms with Crippen molar-refractivity contribution >= 4 is 17.6 Å². The zero-order valence-corrected chi connectivity index (χ0v) is 15.1. The minimum atomic E-state index is -2.70. The Morgan fingerprint density at radius 2 is 1.92 bits per heavy atom. The molecule has 2 fully saturated rings. The molecular formula is C17H23F2N5O2. The summed E-state index contributed by atoms with van der Waals surface area (Å²) >= 11 is 0. The number of nitrogens with zero attached hydrogens (tertiary/aromatic N) is 3. The Kier molecular flexibility index (Phi) is 4.81. The standard InChI is InChI=1S/C17H23F2N5O2/c1-9-10(2)21-13(16(26)20-3)23-14(9)24-5-4-12(8-24)22-15(25)11-6-17(18,19)7-11/h11-12H,4-8H2,1-3H3,(H,20,26)(H,22,25)/t12-/m1/s1. The average Bonchev–Trinajstić information content (AvgIpc) is 3.02. The SMILES string of the molecule is CNC(=O)c1nc(C)c(C)c(N2CC[C@@H](NC(=O)C3CC(F)(F)C3)C2)n1. The van der Waals surface area contributed by atoms with Gasteiger partial charge in [0.15, 0.2) is 0 Å². The highest BCUT2D eigenvalue weighted by Crippen LogP contribution is 2.42. The molecule has 7 nitrogen and oxygen atoms in total. The minimum absolute atomic E-state index is 0.106. The monoisotopic (exact) mass is 367 g/mol. The molecule has 2 heterocycles. The van der Waals surface area contributed by atoms with Crippen LogP contribution in [0.1, 0.15) is 41.1 Å². The fraction of sp³-hybridized carbons (Fsp3) is 0.647. The Labute approximate surface area is 150 Å². The lowest BCUT2D eigenvalue weighted by atomic mass is 9.80. The highest BCUT2D eigenvalue weighted by molar-refractivity contribution is 5.90. The highest BCUT2D eigenvalue weighted by Gasteiger charge is 2.49. The van der Waals surface area contributed by atoms with Gasteiger partial charge in [-0.25, -0.2) is 18.7 Å². The van der Waals surface area contributed by atoms with Crippen LogP contribution in [0.2, 0.25) is 0 Å². The molecular weight excluding hydrogens is 344 g/mol. The predicted octanol–water partition coefficient (Wildman–Crippen LogP) is 1.19. The van der Waals surface area contributed by atoms with Crippen molar-refractivity contribution in [2.45, 2.75) is 45.1 Å². The fourth-order valence-corrected chi connectivity index (χ4v) is 3.37. The van der Waals surface area contributed by atoms with E-state index in [9.17, 15) is 18.4 Å². The lowest BCUT2D eigenvalue weighted by Gasteiger charge is -2.34. The van der Waals surface area contributed by atoms with Gasteiger partial charge in [0, 0.05) is 56.2 Å². The van der Waals surface area contributed by atoms with Crippen molar-refractivity contribution in [3.05, 3.63) is 17.1 Å². The molecule has 1 aromatic rings. The number of anilines is 1. The maximum atomic E-state index is 12.9. The predicted molar refractivity (Wildman–Crippen MR) is 91.3 cm³/mol. The number of aromatic nitrogens is 2. The maximum Gasteiger partial charge on any atom is 0.288 e. The van der Waals surface area contributed by atoms with Crippen LogP contribution in [-0.4, -0.2) is 53.9 Å². The van der Waals surface area contributed by atoms with Crippen LogP contribution in [0.4, 0.5) is 14.6 Å². The largest absolute Gasteiger partial charge is 0.354 e. The van der Waals surface area contributed by atoms with Crippen molar-refractivity contribution in [3.8, 4) is 0 Å². The molecule has 2 aliphatic rings. The van der Waals surface area contributed by atoms with E-state index in [0.29, 0.717) is 25.3 Å². The van der Waals surface area contributed by atoms with Gasteiger partial charge in [-0.1, -0.05) is 0 Å². The number of amides is 2. The van der Waals surface area contributed by atoms with Crippen LogP contribution in [0.5, 0.6) is 0 Å². The second-order valence-electron chi connectivity index (χ2n) is 7.06. The van der Waals surface area contributed by atoms with Gasteiger partial charge in [0.1, 0.15) is 5.82 Å². The van der Waals surface area contributed by atoms with Crippen LogP contribution in [0.3, 0.4) is 0 Å². The van der Waals surface area contributed by atoms with Crippen LogP contribution >= 0.6 is 0 Å². The summed E-state index contributed by atoms with van der Waals surface area (Å²) in [5.74, 6) is -3.18. The Balaban J connectivity index is 1.66. The molecule has 1 atom stereocenters. The van der Waals surface area contributed by atoms with Gasteiger partial charge < -0.3 is 15.5 Å². The Morgan fingerprint density at radius 3 is 2.54 bits per heavy atom. The number of nitrogens with one attached hydrogen (secondary N) is 2. The van der Waals surface area contributed by atoms with Gasteiger partial charge in [-0.15, -0.1) is 0 Å². The second-order valence-corrected chi connectivity index (χ2v) is 7.06. The molecule has 0 aromatic carbocycles. The molecule has 1 aliphatic carbocycles. The van der Waals surface area contributed by atoms with Gasteiger partial charge >= 0.3 is 0 Å². The summed E-state index contributed by atoms with van der Waals surface area (Å²) in [4.78, 5) is 34.5. The van der Waals surface area contributed by atoms with Gasteiger partial charge in [0.2, 0.25) is 17.7 Å². The summed E-state index contributed by atoms with van der Waals surface area (Å²) in [5.41, 5.74) is 1.60. The highest BCUT2D eigenvalue weighted by atomic mass is 19.3. The summed E-state index contributed by atoms with van der Waals surface area (Å²) in [6.07, 6.45) is -0.0312. The van der Waals surface area contributed by atoms with E-state index in [2.05, 4.69) is 20.6 Å². The smallest absolute Gasteiger partial charge is 0.288 e. The van der Waals surface area contributed by atoms with E-state index < -0.39 is 11.8 Å². The molecule has 1 aromatic heterocycles. The molecule has 9 heteroatoms. The first-order valence-corrected chi connectivity index (χ1v) is 8.70. The summed E-state index contributed by atoms with van der Waals surface area (Å²) in [6, 6.07) is -0.116. The molecule has 1 aliphatic heterocycles. The number of hydrogen-bond acceptors (Lipinski definition) is 5. The van der Waals surface area contributed by atoms with Crippen LogP contribution in [0.25, 0.3) is 0 Å². The maximum absolute atomic E-state index is 12.9. The van der Waals surface area contributed by atoms with Crippen LogP contribution in [0.15, 0.2) is 0 Å². The van der Waals surface area contributed by atoms with E-state index in [1.807, 2.05) is 18.7 Å². The van der Waals surface area contributed by atoms with Crippen molar-refractivity contribution < 1.29 is 18.4 Å². The summed E-state index contributed by atoms with van der Waals surface area (Å²) < 4.78 is 25.9. The normalized spacial score (nSPS) is 22.0. The quantitative estimate of drug-likeness (QED) is 0.835. The van der Waals surface area contributed by atoms with Gasteiger partial charge in [0.25, 0.3) is 5.91 Å². The molecule has 3 rings (SSSR count). The molecule has 0 bridgehead atoms. The van der Waals surface area contributed by atoms with E-state index in [1.54, 1.807) is 0 Å². The molecule has 1 saturated carbocycles. The molecule has 142 valence electrons. The van der Waals surface area contributed by atoms with Gasteiger partial charge in [-0.3, -0.25) is 9.59 Å². The van der Waals surface area contributed by atoms with Crippen molar-refractivity contribution in [2.24, 2.45) is 5.92 Å². The van der Waals surface area contributed by atoms with Gasteiger partial charge in [-0.05, 0) is 20.3 Å². The number of carbonyl (C=O) groups excluding carboxylic acids is 2. The lowest BCUT2D eigenvalue weighted by Crippen LogP contribution is -2.48. The number of rotatable bonds is 4. The topological polar surface area (TPSA) is 87.2 Å². The van der Waals surface area contributed by atoms with E-state index in [0.717, 1.165) is 11.3 Å². The van der Waals surface area contributed by atoms with Crippen molar-refractivity contribution in [1.29, 1.82) is 0 Å². The van der Waals surface area contributed by atoms with Crippen LogP contribution in [-0.2, 0) is 4.79 Å². The van der Waals surface area contributed by atoms with E-state index in [1.165, 1.54) is 7.05 Å². The number of halogens is 2. The number of aryl methyl sites for hydroxylation is 1. The summed E-state index contributed by atoms with van der Waals surface area (Å²) in [6.45, 7) is 4.90. The van der Waals surface area contributed by atoms with Crippen molar-refractivity contribution in [1.82, 2.24) is 20.6 Å². The average molecular weight is 367 g/mol. The Bertz CT molecular complexity index is 732. The molecule has 2 N–H and O–H groups in total. The third kappa shape index (κ3) is 3.61. The number of carbonyl (C=O) groups is 2. The number of alkyl halides is 2. The zero-order chi connectivity index (χ0) is 19.1. The van der Waals surface area contributed by atoms with E-state index in [4.69, 9.17) is 0 Å². The second kappa shape index (κ2) is 6.77.